The van der Waals surface area contributed by atoms with Gasteiger partial charge in [0.25, 0.3) is 15.9 Å². The number of carbonyl (C=O) groups excluding carboxylic acids is 1. The van der Waals surface area contributed by atoms with Crippen molar-refractivity contribution < 1.29 is 26.4 Å². The number of hydrogen-bond acceptors (Lipinski definition) is 5. The first kappa shape index (κ1) is 28.4. The zero-order chi connectivity index (χ0) is 29.4. The Morgan fingerprint density at radius 1 is 1.15 bits per heavy atom. The number of aromatic nitrogens is 2. The molecule has 0 saturated heterocycles. The van der Waals surface area contributed by atoms with E-state index in [2.05, 4.69) is 22.2 Å². The molecule has 5 rings (SSSR count). The minimum atomic E-state index is -4.62. The predicted octanol–water partition coefficient (Wildman–Crippen LogP) is 6.31. The van der Waals surface area contributed by atoms with Crippen LogP contribution < -0.4 is 10.6 Å². The number of halogens is 3. The van der Waals surface area contributed by atoms with Gasteiger partial charge in [-0.25, -0.2) is 17.4 Å². The van der Waals surface area contributed by atoms with E-state index in [1.807, 2.05) is 6.92 Å². The van der Waals surface area contributed by atoms with Crippen LogP contribution in [0.2, 0.25) is 0 Å². The number of nitrogens with one attached hydrogen (secondary N) is 2. The predicted molar refractivity (Wildman–Crippen MR) is 151 cm³/mol. The maximum absolute atomic E-state index is 13.6. The molecule has 41 heavy (non-hydrogen) atoms. The van der Waals surface area contributed by atoms with E-state index in [-0.39, 0.29) is 27.7 Å². The monoisotopic (exact) mass is 582 g/mol. The fourth-order valence-electron chi connectivity index (χ4n) is 5.23. The van der Waals surface area contributed by atoms with Crippen LogP contribution in [0.4, 0.5) is 18.9 Å². The summed E-state index contributed by atoms with van der Waals surface area (Å²) in [6.45, 7) is 5.81. The number of hydrogen-bond donors (Lipinski definition) is 2. The second-order valence-electron chi connectivity index (χ2n) is 10.4. The Hall–Kier alpha value is -4.12. The summed E-state index contributed by atoms with van der Waals surface area (Å²) in [6, 6.07) is 15.1. The Morgan fingerprint density at radius 2 is 1.88 bits per heavy atom. The molecule has 0 spiro atoms. The van der Waals surface area contributed by atoms with Crippen LogP contribution in [-0.2, 0) is 16.2 Å². The van der Waals surface area contributed by atoms with Crippen molar-refractivity contribution >= 4 is 32.5 Å². The summed E-state index contributed by atoms with van der Waals surface area (Å²) in [6.07, 6.45) is 1.97. The van der Waals surface area contributed by atoms with Crippen molar-refractivity contribution in [3.8, 4) is 0 Å². The molecule has 0 bridgehead atoms. The summed E-state index contributed by atoms with van der Waals surface area (Å²) in [5.74, 6) is -0.443. The molecule has 1 fully saturated rings. The number of nitrogens with zero attached hydrogens (tertiary/aromatic N) is 2. The van der Waals surface area contributed by atoms with Crippen molar-refractivity contribution in [2.75, 3.05) is 5.32 Å². The first-order valence-electron chi connectivity index (χ1n) is 13.1. The van der Waals surface area contributed by atoms with Crippen LogP contribution >= 0.6 is 0 Å². The molecule has 214 valence electrons. The fourth-order valence-corrected chi connectivity index (χ4v) is 6.43. The number of alkyl halides is 3. The molecular formula is C30H29F3N4O3S. The maximum Gasteiger partial charge on any atom is 0.433 e. The number of fused-ring (bicyclic) bond motifs is 1. The van der Waals surface area contributed by atoms with Crippen LogP contribution in [0.15, 0.2) is 90.6 Å². The molecule has 1 saturated carbocycles. The highest BCUT2D eigenvalue weighted by Crippen LogP contribution is 2.38. The number of amides is 1. The molecule has 0 radical (unpaired) electrons. The van der Waals surface area contributed by atoms with E-state index in [0.29, 0.717) is 31.1 Å². The molecule has 4 aromatic rings. The minimum absolute atomic E-state index is 0.108. The molecule has 2 N–H and O–H groups in total. The molecule has 2 heterocycles. The lowest BCUT2D eigenvalue weighted by Crippen LogP contribution is -2.48. The van der Waals surface area contributed by atoms with Gasteiger partial charge in [-0.3, -0.25) is 4.79 Å². The third kappa shape index (κ3) is 5.85. The van der Waals surface area contributed by atoms with E-state index in [1.165, 1.54) is 36.7 Å². The highest BCUT2D eigenvalue weighted by molar-refractivity contribution is 7.90. The zero-order valence-corrected chi connectivity index (χ0v) is 23.1. The third-order valence-corrected chi connectivity index (χ3v) is 9.08. The van der Waals surface area contributed by atoms with Crippen LogP contribution in [0.3, 0.4) is 0 Å². The van der Waals surface area contributed by atoms with Crippen molar-refractivity contribution in [3.63, 3.8) is 0 Å². The first-order chi connectivity index (χ1) is 19.4. The topological polar surface area (TPSA) is 93.1 Å². The molecular weight excluding hydrogens is 553 g/mol. The SMILES string of the molecule is C=C[C@@]1(Nc2cc(C(F)(F)F)nc3ccccc23)CCC[C@@H](NC(=O)c2ccn(S(=O)(=O)c3ccc(C)cc3)c2)C1. The highest BCUT2D eigenvalue weighted by atomic mass is 32.2. The number of carbonyl (C=O) groups is 1. The number of rotatable bonds is 7. The average Bonchev–Trinajstić information content (AvgIpc) is 3.45. The van der Waals surface area contributed by atoms with Crippen LogP contribution in [0.1, 0.15) is 47.3 Å². The first-order valence-corrected chi connectivity index (χ1v) is 14.5. The lowest BCUT2D eigenvalue weighted by Gasteiger charge is -2.40. The van der Waals surface area contributed by atoms with Gasteiger partial charge in [0, 0.05) is 29.5 Å². The number of para-hydroxylation sites is 1. The number of benzene rings is 2. The normalized spacial score (nSPS) is 19.6. The standard InChI is InChI=1S/C30H29F3N4O3S/c1-3-29(36-26-17-27(30(31,32)33)35-25-9-5-4-8-24(25)26)15-6-7-22(18-29)34-28(38)21-14-16-37(19-21)41(39,40)23-12-10-20(2)11-13-23/h3-5,8-14,16-17,19,22H,1,6-7,15,18H2,2H3,(H,34,38)(H,35,36)/t22-,29-/m1/s1. The Morgan fingerprint density at radius 3 is 2.59 bits per heavy atom. The lowest BCUT2D eigenvalue weighted by molar-refractivity contribution is -0.140. The van der Waals surface area contributed by atoms with Crippen molar-refractivity contribution in [1.82, 2.24) is 14.3 Å². The van der Waals surface area contributed by atoms with Crippen LogP contribution in [0, 0.1) is 6.92 Å². The third-order valence-electron chi connectivity index (χ3n) is 7.43. The maximum atomic E-state index is 13.6. The number of anilines is 1. The second-order valence-corrected chi connectivity index (χ2v) is 12.2. The van der Waals surface area contributed by atoms with E-state index >= 15 is 0 Å². The molecule has 7 nitrogen and oxygen atoms in total. The van der Waals surface area contributed by atoms with Crippen molar-refractivity contribution in [2.45, 2.75) is 55.3 Å². The summed E-state index contributed by atoms with van der Waals surface area (Å²) in [5, 5.41) is 6.81. The van der Waals surface area contributed by atoms with Crippen LogP contribution in [-0.4, -0.2) is 34.9 Å². The number of aryl methyl sites for hydroxylation is 1. The van der Waals surface area contributed by atoms with Gasteiger partial charge in [0.15, 0.2) is 0 Å². The highest BCUT2D eigenvalue weighted by Gasteiger charge is 2.37. The lowest BCUT2D eigenvalue weighted by atomic mass is 9.78. The Labute approximate surface area is 236 Å². The molecule has 1 aliphatic rings. The Balaban J connectivity index is 1.35. The van der Waals surface area contributed by atoms with Gasteiger partial charge >= 0.3 is 6.18 Å². The molecule has 11 heteroatoms. The molecule has 2 aromatic carbocycles. The number of pyridine rings is 1. The largest absolute Gasteiger partial charge is 0.433 e. The van der Waals surface area contributed by atoms with Gasteiger partial charge in [-0.15, -0.1) is 6.58 Å². The van der Waals surface area contributed by atoms with E-state index < -0.39 is 33.3 Å². The van der Waals surface area contributed by atoms with Gasteiger partial charge in [-0.1, -0.05) is 42.0 Å². The summed E-state index contributed by atoms with van der Waals surface area (Å²) in [4.78, 5) is 17.0. The van der Waals surface area contributed by atoms with Crippen molar-refractivity contribution in [3.05, 3.63) is 103 Å². The smallest absolute Gasteiger partial charge is 0.375 e. The van der Waals surface area contributed by atoms with Gasteiger partial charge in [-0.2, -0.15) is 13.2 Å². The average molecular weight is 583 g/mol. The van der Waals surface area contributed by atoms with Gasteiger partial charge < -0.3 is 10.6 Å². The summed E-state index contributed by atoms with van der Waals surface area (Å²) in [7, 11) is -3.86. The summed E-state index contributed by atoms with van der Waals surface area (Å²) in [5.41, 5.74) is -0.179. The van der Waals surface area contributed by atoms with E-state index in [1.54, 1.807) is 36.4 Å². The van der Waals surface area contributed by atoms with E-state index in [0.717, 1.165) is 15.6 Å². The molecule has 1 aliphatic carbocycles. The molecule has 2 aromatic heterocycles. The van der Waals surface area contributed by atoms with Gasteiger partial charge in [0.1, 0.15) is 5.69 Å². The summed E-state index contributed by atoms with van der Waals surface area (Å²) < 4.78 is 67.8. The Kier molecular flexibility index (Phi) is 7.41. The Bertz CT molecular complexity index is 1720. The quantitative estimate of drug-likeness (QED) is 0.249. The fraction of sp³-hybridized carbons (Fsp3) is 0.267. The van der Waals surface area contributed by atoms with Crippen molar-refractivity contribution in [2.24, 2.45) is 0 Å². The minimum Gasteiger partial charge on any atom is -0.375 e. The van der Waals surface area contributed by atoms with Gasteiger partial charge in [-0.05, 0) is 62.9 Å². The van der Waals surface area contributed by atoms with Crippen LogP contribution in [0.5, 0.6) is 0 Å². The molecule has 0 aliphatic heterocycles. The van der Waals surface area contributed by atoms with E-state index in [4.69, 9.17) is 0 Å². The second kappa shape index (κ2) is 10.7. The zero-order valence-electron chi connectivity index (χ0n) is 22.3. The van der Waals surface area contributed by atoms with Crippen LogP contribution in [0.25, 0.3) is 10.9 Å². The molecule has 2 atom stereocenters. The van der Waals surface area contributed by atoms with Gasteiger partial charge in [0.05, 0.1) is 21.5 Å². The van der Waals surface area contributed by atoms with E-state index in [9.17, 15) is 26.4 Å². The summed E-state index contributed by atoms with van der Waals surface area (Å²) >= 11 is 0. The van der Waals surface area contributed by atoms with Gasteiger partial charge in [0.2, 0.25) is 0 Å². The molecule has 0 unspecified atom stereocenters. The van der Waals surface area contributed by atoms with Crippen molar-refractivity contribution in [1.29, 1.82) is 0 Å². The molecule has 1 amide bonds.